The lowest BCUT2D eigenvalue weighted by Gasteiger charge is -2.34. The van der Waals surface area contributed by atoms with E-state index in [0.717, 1.165) is 37.1 Å². The highest BCUT2D eigenvalue weighted by Crippen LogP contribution is 2.32. The van der Waals surface area contributed by atoms with Crippen LogP contribution < -0.4 is 4.90 Å². The van der Waals surface area contributed by atoms with E-state index >= 15 is 0 Å². The minimum Gasteiger partial charge on any atom is -0.384 e. The Kier molecular flexibility index (Phi) is 7.73. The van der Waals surface area contributed by atoms with Crippen LogP contribution in [0.25, 0.3) is 0 Å². The highest BCUT2D eigenvalue weighted by Gasteiger charge is 2.36. The number of methoxy groups -OCH3 is 1. The van der Waals surface area contributed by atoms with Crippen LogP contribution >= 0.6 is 0 Å². The molecule has 2 unspecified atom stereocenters. The Morgan fingerprint density at radius 3 is 2.58 bits per heavy atom. The third kappa shape index (κ3) is 5.60. The Bertz CT molecular complexity index is 952. The molecule has 1 aromatic heterocycles. The van der Waals surface area contributed by atoms with Gasteiger partial charge in [-0.25, -0.2) is 0 Å². The van der Waals surface area contributed by atoms with Gasteiger partial charge in [-0.2, -0.15) is 0 Å². The first-order valence-corrected chi connectivity index (χ1v) is 11.8. The maximum Gasteiger partial charge on any atom is 0.225 e. The fraction of sp³-hybridized carbons (Fsp3) is 0.500. The molecule has 0 radical (unpaired) electrons. The largest absolute Gasteiger partial charge is 0.384 e. The molecule has 0 aliphatic carbocycles. The molecule has 2 bridgehead atoms. The van der Waals surface area contributed by atoms with E-state index in [9.17, 15) is 9.59 Å². The average Bonchev–Trinajstić information content (AvgIpc) is 3.18. The van der Waals surface area contributed by atoms with Gasteiger partial charge in [0.2, 0.25) is 11.8 Å². The molecular formula is C26H34N4O3. The number of hydrogen-bond donors (Lipinski definition) is 0. The number of amides is 2. The number of hydrogen-bond acceptors (Lipinski definition) is 5. The number of rotatable bonds is 5. The number of anilines is 1. The summed E-state index contributed by atoms with van der Waals surface area (Å²) in [6.07, 6.45) is 7.05. The summed E-state index contributed by atoms with van der Waals surface area (Å²) in [5.74, 6) is 0.127. The predicted molar refractivity (Wildman–Crippen MR) is 128 cm³/mol. The quantitative estimate of drug-likeness (QED) is 0.700. The number of aromatic nitrogens is 1. The fourth-order valence-corrected chi connectivity index (χ4v) is 5.17. The van der Waals surface area contributed by atoms with Gasteiger partial charge in [-0.1, -0.05) is 18.2 Å². The zero-order valence-electron chi connectivity index (χ0n) is 19.7. The summed E-state index contributed by atoms with van der Waals surface area (Å²) in [4.78, 5) is 36.4. The molecule has 4 rings (SSSR count). The van der Waals surface area contributed by atoms with Gasteiger partial charge in [-0.15, -0.1) is 0 Å². The van der Waals surface area contributed by atoms with E-state index in [1.165, 1.54) is 5.56 Å². The molecule has 176 valence electrons. The number of nitrogens with zero attached hydrogens (tertiary/aromatic N) is 4. The first kappa shape index (κ1) is 23.4. The molecule has 0 saturated carbocycles. The van der Waals surface area contributed by atoms with Gasteiger partial charge < -0.3 is 14.5 Å². The van der Waals surface area contributed by atoms with Crippen molar-refractivity contribution in [3.8, 4) is 0 Å². The Labute approximate surface area is 196 Å². The van der Waals surface area contributed by atoms with Crippen LogP contribution in [0.1, 0.15) is 43.7 Å². The van der Waals surface area contributed by atoms with Crippen LogP contribution in [0, 0.1) is 0 Å². The fourth-order valence-electron chi connectivity index (χ4n) is 5.17. The van der Waals surface area contributed by atoms with Crippen molar-refractivity contribution in [3.63, 3.8) is 0 Å². The summed E-state index contributed by atoms with van der Waals surface area (Å²) in [5, 5.41) is 0. The molecule has 0 spiro atoms. The van der Waals surface area contributed by atoms with Gasteiger partial charge in [0, 0.05) is 70.4 Å². The van der Waals surface area contributed by atoms with Crippen molar-refractivity contribution in [2.75, 3.05) is 31.7 Å². The molecular weight excluding hydrogens is 416 g/mol. The molecule has 1 fully saturated rings. The number of ether oxygens (including phenoxy) is 1. The molecule has 33 heavy (non-hydrogen) atoms. The van der Waals surface area contributed by atoms with Crippen LogP contribution in [-0.4, -0.2) is 65.5 Å². The first-order valence-electron chi connectivity index (χ1n) is 11.8. The minimum absolute atomic E-state index is 0.0363. The van der Waals surface area contributed by atoms with Gasteiger partial charge in [0.05, 0.1) is 13.0 Å². The number of para-hydroxylation sites is 1. The summed E-state index contributed by atoms with van der Waals surface area (Å²) < 4.78 is 5.19. The summed E-state index contributed by atoms with van der Waals surface area (Å²) >= 11 is 0. The zero-order valence-corrected chi connectivity index (χ0v) is 19.7. The predicted octanol–water partition coefficient (Wildman–Crippen LogP) is 3.24. The van der Waals surface area contributed by atoms with Crippen LogP contribution in [0.4, 0.5) is 5.69 Å². The van der Waals surface area contributed by atoms with Gasteiger partial charge >= 0.3 is 0 Å². The number of benzene rings is 1. The summed E-state index contributed by atoms with van der Waals surface area (Å²) in [6.45, 7) is 4.71. The van der Waals surface area contributed by atoms with Crippen molar-refractivity contribution in [3.05, 3.63) is 59.9 Å². The van der Waals surface area contributed by atoms with Crippen molar-refractivity contribution in [2.45, 2.75) is 57.8 Å². The normalized spacial score (nSPS) is 21.4. The van der Waals surface area contributed by atoms with Crippen molar-refractivity contribution in [2.24, 2.45) is 0 Å². The van der Waals surface area contributed by atoms with E-state index in [1.54, 1.807) is 14.0 Å². The highest BCUT2D eigenvalue weighted by molar-refractivity contribution is 5.92. The van der Waals surface area contributed by atoms with E-state index in [1.807, 2.05) is 46.5 Å². The van der Waals surface area contributed by atoms with Gasteiger partial charge in [0.1, 0.15) is 0 Å². The molecule has 7 heteroatoms. The van der Waals surface area contributed by atoms with Crippen LogP contribution in [0.15, 0.2) is 48.8 Å². The van der Waals surface area contributed by atoms with Crippen molar-refractivity contribution >= 4 is 17.5 Å². The van der Waals surface area contributed by atoms with Crippen molar-refractivity contribution in [1.29, 1.82) is 0 Å². The van der Waals surface area contributed by atoms with Crippen LogP contribution in [0.3, 0.4) is 0 Å². The molecule has 3 heterocycles. The zero-order chi connectivity index (χ0) is 23.2. The molecule has 2 atom stereocenters. The van der Waals surface area contributed by atoms with Gasteiger partial charge in [-0.3, -0.25) is 19.5 Å². The molecule has 1 aromatic carbocycles. The molecule has 2 aromatic rings. The van der Waals surface area contributed by atoms with E-state index in [0.29, 0.717) is 38.7 Å². The Morgan fingerprint density at radius 2 is 1.82 bits per heavy atom. The summed E-state index contributed by atoms with van der Waals surface area (Å²) in [5.41, 5.74) is 3.14. The average molecular weight is 451 g/mol. The Balaban J connectivity index is 1.68. The maximum absolute atomic E-state index is 13.2. The van der Waals surface area contributed by atoms with E-state index < -0.39 is 0 Å². The maximum atomic E-state index is 13.2. The lowest BCUT2D eigenvalue weighted by molar-refractivity contribution is -0.133. The SMILES string of the molecule is COCCC(=O)N1Cc2ccccc2N(C(C)=O)CCC2CCC(C1)N2Cc1ccncc1. The second kappa shape index (κ2) is 10.9. The summed E-state index contributed by atoms with van der Waals surface area (Å²) in [7, 11) is 1.62. The van der Waals surface area contributed by atoms with Crippen molar-refractivity contribution < 1.29 is 14.3 Å². The van der Waals surface area contributed by atoms with Gasteiger partial charge in [-0.05, 0) is 48.6 Å². The van der Waals surface area contributed by atoms with E-state index in [4.69, 9.17) is 4.74 Å². The third-order valence-corrected chi connectivity index (χ3v) is 6.90. The smallest absolute Gasteiger partial charge is 0.225 e. The summed E-state index contributed by atoms with van der Waals surface area (Å²) in [6, 6.07) is 12.8. The molecule has 2 aliphatic heterocycles. The van der Waals surface area contributed by atoms with E-state index in [-0.39, 0.29) is 17.9 Å². The van der Waals surface area contributed by atoms with Crippen molar-refractivity contribution in [1.82, 2.24) is 14.8 Å². The second-order valence-corrected chi connectivity index (χ2v) is 9.02. The Hall–Kier alpha value is -2.77. The molecule has 2 aliphatic rings. The van der Waals surface area contributed by atoms with Crippen LogP contribution in [0.2, 0.25) is 0 Å². The number of pyridine rings is 1. The molecule has 2 amide bonds. The van der Waals surface area contributed by atoms with Crippen LogP contribution in [0.5, 0.6) is 0 Å². The topological polar surface area (TPSA) is 66.0 Å². The van der Waals surface area contributed by atoms with Crippen LogP contribution in [-0.2, 0) is 27.4 Å². The van der Waals surface area contributed by atoms with Gasteiger partial charge in [0.25, 0.3) is 0 Å². The lowest BCUT2D eigenvalue weighted by Crippen LogP contribution is -2.45. The number of carbonyl (C=O) groups excluding carboxylic acids is 2. The lowest BCUT2D eigenvalue weighted by atomic mass is 10.1. The monoisotopic (exact) mass is 450 g/mol. The second-order valence-electron chi connectivity index (χ2n) is 9.02. The van der Waals surface area contributed by atoms with Gasteiger partial charge in [0.15, 0.2) is 0 Å². The highest BCUT2D eigenvalue weighted by atomic mass is 16.5. The number of fused-ring (bicyclic) bond motifs is 3. The molecule has 1 saturated heterocycles. The van der Waals surface area contributed by atoms with E-state index in [2.05, 4.69) is 22.0 Å². The molecule has 0 N–H and O–H groups in total. The minimum atomic E-state index is 0.0363. The number of carbonyl (C=O) groups is 2. The third-order valence-electron chi connectivity index (χ3n) is 6.90. The Morgan fingerprint density at radius 1 is 1.06 bits per heavy atom. The standard InChI is InChI=1S/C26H34N4O3/c1-20(31)29-15-11-23-7-8-24(30(23)17-21-9-13-27-14-10-21)19-28(26(32)12-16-33-2)18-22-5-3-4-6-25(22)29/h3-6,9-10,13-14,23-24H,7-8,11-12,15-19H2,1-2H3. The first-order chi connectivity index (χ1) is 16.1. The molecule has 7 nitrogen and oxygen atoms in total.